The van der Waals surface area contributed by atoms with Gasteiger partial charge in [-0.1, -0.05) is 48.9 Å². The van der Waals surface area contributed by atoms with Gasteiger partial charge in [-0.3, -0.25) is 4.90 Å². The molecule has 0 aliphatic carbocycles. The summed E-state index contributed by atoms with van der Waals surface area (Å²) in [6.45, 7) is 4.73. The fourth-order valence-electron chi connectivity index (χ4n) is 4.03. The van der Waals surface area contributed by atoms with Gasteiger partial charge in [0.05, 0.1) is 6.61 Å². The summed E-state index contributed by atoms with van der Waals surface area (Å²) in [5.41, 5.74) is 2.09. The largest absolute Gasteiger partial charge is 0.494 e. The lowest BCUT2D eigenvalue weighted by atomic mass is 10.1. The molecule has 2 aromatic carbocycles. The van der Waals surface area contributed by atoms with Crippen molar-refractivity contribution in [3.63, 3.8) is 0 Å². The topological polar surface area (TPSA) is 75.4 Å². The number of benzene rings is 2. The Hall–Kier alpha value is -2.90. The van der Waals surface area contributed by atoms with Crippen LogP contribution in [-0.2, 0) is 13.6 Å². The molecule has 0 saturated carbocycles. The van der Waals surface area contributed by atoms with Gasteiger partial charge in [-0.05, 0) is 55.6 Å². The molecule has 0 bridgehead atoms. The van der Waals surface area contributed by atoms with Gasteiger partial charge in [0.25, 0.3) is 0 Å². The van der Waals surface area contributed by atoms with E-state index in [0.29, 0.717) is 24.9 Å². The van der Waals surface area contributed by atoms with Crippen molar-refractivity contribution in [2.75, 3.05) is 31.6 Å². The van der Waals surface area contributed by atoms with Crippen LogP contribution in [0.15, 0.2) is 54.6 Å². The molecular formula is C25H33N5O2. The summed E-state index contributed by atoms with van der Waals surface area (Å²) in [6, 6.07) is 17.9. The Kier molecular flexibility index (Phi) is 7.74. The summed E-state index contributed by atoms with van der Waals surface area (Å²) in [5, 5.41) is 18.1. The molecule has 1 aliphatic rings. The van der Waals surface area contributed by atoms with Gasteiger partial charge in [0, 0.05) is 20.1 Å². The molecule has 0 radical (unpaired) electrons. The van der Waals surface area contributed by atoms with E-state index in [9.17, 15) is 5.11 Å². The lowest BCUT2D eigenvalue weighted by molar-refractivity contribution is 0.209. The average molecular weight is 436 g/mol. The second-order valence-corrected chi connectivity index (χ2v) is 8.34. The van der Waals surface area contributed by atoms with Gasteiger partial charge in [0.2, 0.25) is 5.95 Å². The Bertz CT molecular complexity index is 969. The van der Waals surface area contributed by atoms with E-state index in [1.165, 1.54) is 37.9 Å². The molecule has 4 rings (SSSR count). The number of likely N-dealkylation sites (tertiary alicyclic amines) is 1. The van der Waals surface area contributed by atoms with E-state index in [1.807, 2.05) is 43.4 Å². The molecular weight excluding hydrogens is 402 g/mol. The van der Waals surface area contributed by atoms with E-state index in [2.05, 4.69) is 38.5 Å². The normalized spacial score (nSPS) is 15.4. The summed E-state index contributed by atoms with van der Waals surface area (Å²) >= 11 is 0. The molecule has 0 spiro atoms. The molecule has 1 saturated heterocycles. The number of piperidine rings is 1. The quantitative estimate of drug-likeness (QED) is 0.472. The second kappa shape index (κ2) is 11.1. The number of aliphatic hydroxyl groups excluding tert-OH is 1. The Balaban J connectivity index is 1.21. The molecule has 32 heavy (non-hydrogen) atoms. The number of hydrogen-bond donors (Lipinski definition) is 2. The van der Waals surface area contributed by atoms with Crippen LogP contribution in [0.5, 0.6) is 5.75 Å². The van der Waals surface area contributed by atoms with Gasteiger partial charge in [0.1, 0.15) is 11.9 Å². The van der Waals surface area contributed by atoms with Crippen LogP contribution >= 0.6 is 0 Å². The third-order valence-corrected chi connectivity index (χ3v) is 5.77. The molecule has 170 valence electrons. The van der Waals surface area contributed by atoms with Crippen molar-refractivity contribution in [2.24, 2.45) is 7.05 Å². The van der Waals surface area contributed by atoms with Crippen LogP contribution in [0, 0.1) is 0 Å². The molecule has 2 N–H and O–H groups in total. The van der Waals surface area contributed by atoms with Gasteiger partial charge in [-0.25, -0.2) is 4.68 Å². The maximum absolute atomic E-state index is 10.5. The Labute approximate surface area is 190 Å². The van der Waals surface area contributed by atoms with E-state index < -0.39 is 6.10 Å². The van der Waals surface area contributed by atoms with Crippen molar-refractivity contribution in [1.82, 2.24) is 19.7 Å². The van der Waals surface area contributed by atoms with Crippen LogP contribution in [0.3, 0.4) is 0 Å². The number of aliphatic hydroxyl groups is 1. The molecule has 1 unspecified atom stereocenters. The highest BCUT2D eigenvalue weighted by atomic mass is 16.5. The van der Waals surface area contributed by atoms with E-state index in [0.717, 1.165) is 24.3 Å². The van der Waals surface area contributed by atoms with Crippen molar-refractivity contribution in [2.45, 2.75) is 38.3 Å². The minimum absolute atomic E-state index is 0.392. The first kappa shape index (κ1) is 22.3. The average Bonchev–Trinajstić information content (AvgIpc) is 3.20. The van der Waals surface area contributed by atoms with Gasteiger partial charge < -0.3 is 15.2 Å². The predicted molar refractivity (Wildman–Crippen MR) is 126 cm³/mol. The van der Waals surface area contributed by atoms with Gasteiger partial charge in [-0.15, -0.1) is 0 Å². The highest BCUT2D eigenvalue weighted by Gasteiger charge is 2.17. The van der Waals surface area contributed by atoms with Gasteiger partial charge >= 0.3 is 0 Å². The smallest absolute Gasteiger partial charge is 0.221 e. The highest BCUT2D eigenvalue weighted by Crippen LogP contribution is 2.20. The van der Waals surface area contributed by atoms with E-state index >= 15 is 0 Å². The lowest BCUT2D eigenvalue weighted by Gasteiger charge is -2.26. The van der Waals surface area contributed by atoms with Crippen molar-refractivity contribution >= 4 is 5.95 Å². The summed E-state index contributed by atoms with van der Waals surface area (Å²) in [7, 11) is 1.82. The number of rotatable bonds is 10. The van der Waals surface area contributed by atoms with Crippen LogP contribution in [-0.4, -0.2) is 51.0 Å². The van der Waals surface area contributed by atoms with Crippen molar-refractivity contribution in [3.05, 3.63) is 71.5 Å². The summed E-state index contributed by atoms with van der Waals surface area (Å²) in [4.78, 5) is 6.98. The molecule has 1 aliphatic heterocycles. The minimum atomic E-state index is -0.835. The number of nitrogens with zero attached hydrogens (tertiary/aromatic N) is 4. The zero-order chi connectivity index (χ0) is 22.2. The van der Waals surface area contributed by atoms with E-state index in [-0.39, 0.29) is 0 Å². The molecule has 1 fully saturated rings. The van der Waals surface area contributed by atoms with Crippen molar-refractivity contribution in [3.8, 4) is 5.75 Å². The van der Waals surface area contributed by atoms with Crippen molar-refractivity contribution < 1.29 is 9.84 Å². The molecule has 3 aromatic rings. The molecule has 2 heterocycles. The van der Waals surface area contributed by atoms with Crippen molar-refractivity contribution in [1.29, 1.82) is 0 Å². The Morgan fingerprint density at radius 1 is 1.06 bits per heavy atom. The fraction of sp³-hybridized carbons (Fsp3) is 0.440. The standard InChI is InChI=1S/C25H33N5O2/c1-29-25(27-24(28-29)23(31)21-11-4-2-5-12-21)26-14-9-17-32-22-13-8-10-20(18-22)19-30-15-6-3-7-16-30/h2,4-5,8,10-13,18,23,31H,3,6-7,9,14-17,19H2,1H3,(H,26,27,28). The van der Waals surface area contributed by atoms with Crippen LogP contribution in [0.25, 0.3) is 0 Å². The number of aryl methyl sites for hydroxylation is 1. The molecule has 0 amide bonds. The maximum Gasteiger partial charge on any atom is 0.221 e. The zero-order valence-electron chi connectivity index (χ0n) is 18.8. The number of aromatic nitrogens is 3. The predicted octanol–water partition coefficient (Wildman–Crippen LogP) is 3.76. The summed E-state index contributed by atoms with van der Waals surface area (Å²) in [6.07, 6.45) is 3.97. The van der Waals surface area contributed by atoms with Crippen LogP contribution in [0.2, 0.25) is 0 Å². The minimum Gasteiger partial charge on any atom is -0.494 e. The monoisotopic (exact) mass is 435 g/mol. The molecule has 7 heteroatoms. The molecule has 1 atom stereocenters. The number of ether oxygens (including phenoxy) is 1. The third kappa shape index (κ3) is 6.08. The lowest BCUT2D eigenvalue weighted by Crippen LogP contribution is -2.29. The molecule has 7 nitrogen and oxygen atoms in total. The van der Waals surface area contributed by atoms with Crippen LogP contribution in [0.4, 0.5) is 5.95 Å². The van der Waals surface area contributed by atoms with Gasteiger partial charge in [0.15, 0.2) is 5.82 Å². The number of hydrogen-bond acceptors (Lipinski definition) is 6. The molecule has 1 aromatic heterocycles. The second-order valence-electron chi connectivity index (χ2n) is 8.34. The Morgan fingerprint density at radius 2 is 1.88 bits per heavy atom. The van der Waals surface area contributed by atoms with E-state index in [4.69, 9.17) is 4.74 Å². The summed E-state index contributed by atoms with van der Waals surface area (Å²) < 4.78 is 7.62. The maximum atomic E-state index is 10.5. The first-order valence-electron chi connectivity index (χ1n) is 11.5. The first-order chi connectivity index (χ1) is 15.7. The fourth-order valence-corrected chi connectivity index (χ4v) is 4.03. The highest BCUT2D eigenvalue weighted by molar-refractivity contribution is 5.30. The number of nitrogens with one attached hydrogen (secondary N) is 1. The first-order valence-corrected chi connectivity index (χ1v) is 11.5. The summed E-state index contributed by atoms with van der Waals surface area (Å²) in [5.74, 6) is 1.95. The van der Waals surface area contributed by atoms with Gasteiger partial charge in [-0.2, -0.15) is 10.1 Å². The SMILES string of the molecule is Cn1nc(C(O)c2ccccc2)nc1NCCCOc1cccc(CN2CCCCC2)c1. The zero-order valence-corrected chi connectivity index (χ0v) is 18.8. The van der Waals surface area contributed by atoms with E-state index in [1.54, 1.807) is 4.68 Å². The van der Waals surface area contributed by atoms with Crippen LogP contribution in [0.1, 0.15) is 48.7 Å². The third-order valence-electron chi connectivity index (χ3n) is 5.77. The van der Waals surface area contributed by atoms with Crippen LogP contribution < -0.4 is 10.1 Å². The Morgan fingerprint density at radius 3 is 2.69 bits per heavy atom. The number of anilines is 1.